The van der Waals surface area contributed by atoms with Gasteiger partial charge in [-0.15, -0.1) is 0 Å². The predicted molar refractivity (Wildman–Crippen MR) is 163 cm³/mol. The number of nitrogens with one attached hydrogen (secondary N) is 1. The first kappa shape index (κ1) is 28.1. The van der Waals surface area contributed by atoms with Crippen molar-refractivity contribution in [1.29, 1.82) is 0 Å². The minimum absolute atomic E-state index is 0.0901. The number of aromatic nitrogens is 1. The van der Waals surface area contributed by atoms with Gasteiger partial charge in [-0.1, -0.05) is 55.2 Å². The summed E-state index contributed by atoms with van der Waals surface area (Å²) in [5.74, 6) is 0.948. The van der Waals surface area contributed by atoms with E-state index in [9.17, 15) is 4.79 Å². The first-order valence-electron chi connectivity index (χ1n) is 14.0. The monoisotopic (exact) mass is 566 g/mol. The second-order valence-electron chi connectivity index (χ2n) is 11.2. The lowest BCUT2D eigenvalue weighted by Gasteiger charge is -2.42. The van der Waals surface area contributed by atoms with E-state index in [-0.39, 0.29) is 24.0 Å². The molecule has 0 saturated heterocycles. The number of aromatic amines is 1. The smallest absolute Gasteiger partial charge is 0.245 e. The van der Waals surface area contributed by atoms with E-state index in [2.05, 4.69) is 48.1 Å². The Morgan fingerprint density at radius 3 is 2.59 bits per heavy atom. The van der Waals surface area contributed by atoms with Crippen LogP contribution in [0.4, 0.5) is 0 Å². The molecule has 208 valence electrons. The number of carbonyl (C=O) groups excluding carboxylic acids is 1. The van der Waals surface area contributed by atoms with Crippen molar-refractivity contribution < 1.29 is 9.53 Å². The number of rotatable bonds is 9. The number of hydrogen-bond acceptors (Lipinski definition) is 5. The van der Waals surface area contributed by atoms with Crippen LogP contribution in [0.15, 0.2) is 42.5 Å². The third kappa shape index (κ3) is 6.02. The summed E-state index contributed by atoms with van der Waals surface area (Å²) in [4.78, 5) is 24.0. The van der Waals surface area contributed by atoms with Gasteiger partial charge in [0.1, 0.15) is 5.75 Å². The highest BCUT2D eigenvalue weighted by molar-refractivity contribution is 7.78. The lowest BCUT2D eigenvalue weighted by Crippen LogP contribution is -2.54. The van der Waals surface area contributed by atoms with E-state index < -0.39 is 0 Å². The Bertz CT molecular complexity index is 1300. The summed E-state index contributed by atoms with van der Waals surface area (Å²) in [7, 11) is 6.20. The third-order valence-electron chi connectivity index (χ3n) is 8.31. The summed E-state index contributed by atoms with van der Waals surface area (Å²) in [6.45, 7) is 1.67. The van der Waals surface area contributed by atoms with Crippen LogP contribution < -0.4 is 4.74 Å². The van der Waals surface area contributed by atoms with Gasteiger partial charge < -0.3 is 19.5 Å². The van der Waals surface area contributed by atoms with Crippen molar-refractivity contribution in [2.24, 2.45) is 0 Å². The third-order valence-corrected chi connectivity index (χ3v) is 8.77. The van der Waals surface area contributed by atoms with Crippen molar-refractivity contribution in [1.82, 2.24) is 19.7 Å². The first-order chi connectivity index (χ1) is 18.9. The molecule has 6 nitrogen and oxygen atoms in total. The van der Waals surface area contributed by atoms with E-state index >= 15 is 0 Å². The maximum absolute atomic E-state index is 14.1. The number of likely N-dealkylation sites (N-methyl/N-ethyl adjacent to an activating group) is 1. The molecule has 1 saturated carbocycles. The molecule has 2 aliphatic rings. The molecule has 1 aromatic heterocycles. The molecule has 1 amide bonds. The van der Waals surface area contributed by atoms with Gasteiger partial charge in [0.2, 0.25) is 5.91 Å². The van der Waals surface area contributed by atoms with E-state index in [1.165, 1.54) is 6.42 Å². The van der Waals surface area contributed by atoms with Crippen molar-refractivity contribution in [2.45, 2.75) is 63.1 Å². The quantitative estimate of drug-likeness (QED) is 0.246. The topological polar surface area (TPSA) is 51.8 Å². The molecular formula is C31H39ClN4O2S. The molecule has 2 aromatic carbocycles. The Morgan fingerprint density at radius 2 is 1.90 bits per heavy atom. The predicted octanol–water partition coefficient (Wildman–Crippen LogP) is 6.22. The number of fused-ring (bicyclic) bond motifs is 3. The molecule has 2 atom stereocenters. The SMILES string of the molecule is CN(C)CCCOc1ccc(C2c3[nH]c4ccc(Cl)cc4c3CC(C(=O)N(C=S)C3CCCCC3)N2C)cc1. The van der Waals surface area contributed by atoms with E-state index in [0.29, 0.717) is 18.1 Å². The number of thiocarbonyl (C=S) groups is 1. The van der Waals surface area contributed by atoms with Crippen molar-refractivity contribution in [3.8, 4) is 5.75 Å². The van der Waals surface area contributed by atoms with Crippen LogP contribution in [0.25, 0.3) is 10.9 Å². The number of ether oxygens (including phenoxy) is 1. The fourth-order valence-electron chi connectivity index (χ4n) is 6.24. The fraction of sp³-hybridized carbons (Fsp3) is 0.484. The molecule has 3 aromatic rings. The van der Waals surface area contributed by atoms with Gasteiger partial charge >= 0.3 is 0 Å². The van der Waals surface area contributed by atoms with Gasteiger partial charge in [-0.25, -0.2) is 0 Å². The molecule has 1 fully saturated rings. The highest BCUT2D eigenvalue weighted by Gasteiger charge is 2.41. The molecule has 0 bridgehead atoms. The fourth-order valence-corrected chi connectivity index (χ4v) is 6.69. The average Bonchev–Trinajstić information content (AvgIpc) is 3.29. The largest absolute Gasteiger partial charge is 0.494 e. The summed E-state index contributed by atoms with van der Waals surface area (Å²) in [6, 6.07) is 14.0. The van der Waals surface area contributed by atoms with Gasteiger partial charge in [0.15, 0.2) is 0 Å². The van der Waals surface area contributed by atoms with E-state index in [4.69, 9.17) is 28.6 Å². The lowest BCUT2D eigenvalue weighted by atomic mass is 9.87. The second kappa shape index (κ2) is 12.4. The summed E-state index contributed by atoms with van der Waals surface area (Å²) < 4.78 is 5.99. The van der Waals surface area contributed by atoms with Crippen LogP contribution in [0.3, 0.4) is 0 Å². The summed E-state index contributed by atoms with van der Waals surface area (Å²) in [5, 5.41) is 1.78. The summed E-state index contributed by atoms with van der Waals surface area (Å²) >= 11 is 11.8. The number of benzene rings is 2. The zero-order valence-electron chi connectivity index (χ0n) is 23.2. The molecular weight excluding hydrogens is 528 g/mol. The van der Waals surface area contributed by atoms with Crippen LogP contribution >= 0.6 is 23.8 Å². The Hall–Kier alpha value is -2.45. The molecule has 8 heteroatoms. The molecule has 1 aliphatic heterocycles. The van der Waals surface area contributed by atoms with Crippen molar-refractivity contribution in [3.05, 3.63) is 64.3 Å². The number of amides is 1. The van der Waals surface area contributed by atoms with Crippen LogP contribution in [0.5, 0.6) is 5.75 Å². The van der Waals surface area contributed by atoms with Gasteiger partial charge in [0, 0.05) is 34.2 Å². The van der Waals surface area contributed by atoms with E-state index in [1.54, 1.807) is 5.49 Å². The first-order valence-corrected chi connectivity index (χ1v) is 14.9. The average molecular weight is 567 g/mol. The molecule has 0 spiro atoms. The standard InChI is InChI=1S/C31H39ClN4O2S/c1-34(2)16-7-17-38-24-13-10-21(11-14-24)30-29-26(25-18-22(32)12-15-27(25)33-29)19-28(35(30)3)31(37)36(20-39)23-8-5-4-6-9-23/h10-15,18,20,23,28,30,33H,4-9,16-17,19H2,1-3H3. The van der Waals surface area contributed by atoms with Gasteiger partial charge in [-0.2, -0.15) is 0 Å². The minimum Gasteiger partial charge on any atom is -0.494 e. The lowest BCUT2D eigenvalue weighted by molar-refractivity contribution is -0.135. The van der Waals surface area contributed by atoms with Gasteiger partial charge in [0.05, 0.1) is 24.2 Å². The summed E-state index contributed by atoms with van der Waals surface area (Å²) in [5.41, 5.74) is 6.01. The highest BCUT2D eigenvalue weighted by Crippen LogP contribution is 2.41. The normalized spacial score (nSPS) is 20.2. The summed E-state index contributed by atoms with van der Waals surface area (Å²) in [6.07, 6.45) is 7.15. The molecule has 0 radical (unpaired) electrons. The van der Waals surface area contributed by atoms with Crippen LogP contribution in [0.1, 0.15) is 61.4 Å². The van der Waals surface area contributed by atoms with Crippen LogP contribution in [0, 0.1) is 0 Å². The molecule has 1 aliphatic carbocycles. The Kier molecular flexibility index (Phi) is 8.92. The number of carbonyl (C=O) groups is 1. The van der Waals surface area contributed by atoms with E-state index in [1.807, 2.05) is 35.2 Å². The maximum Gasteiger partial charge on any atom is 0.245 e. The zero-order valence-corrected chi connectivity index (χ0v) is 24.7. The number of nitrogens with zero attached hydrogens (tertiary/aromatic N) is 3. The Morgan fingerprint density at radius 1 is 1.15 bits per heavy atom. The number of H-pyrrole nitrogens is 1. The van der Waals surface area contributed by atoms with Crippen molar-refractivity contribution in [2.75, 3.05) is 34.3 Å². The van der Waals surface area contributed by atoms with Gasteiger partial charge in [-0.05, 0) is 88.3 Å². The molecule has 1 N–H and O–H groups in total. The molecule has 5 rings (SSSR count). The zero-order chi connectivity index (χ0) is 27.5. The molecule has 2 heterocycles. The Labute approximate surface area is 242 Å². The molecule has 39 heavy (non-hydrogen) atoms. The number of halogens is 1. The van der Waals surface area contributed by atoms with Crippen LogP contribution in [-0.4, -0.2) is 77.5 Å². The number of hydrogen-bond donors (Lipinski definition) is 1. The highest BCUT2D eigenvalue weighted by atomic mass is 35.5. The second-order valence-corrected chi connectivity index (χ2v) is 11.9. The van der Waals surface area contributed by atoms with Gasteiger partial charge in [0.25, 0.3) is 0 Å². The van der Waals surface area contributed by atoms with Crippen molar-refractivity contribution >= 4 is 46.1 Å². The van der Waals surface area contributed by atoms with Crippen molar-refractivity contribution in [3.63, 3.8) is 0 Å². The molecule has 2 unspecified atom stereocenters. The van der Waals surface area contributed by atoms with Gasteiger partial charge in [-0.3, -0.25) is 9.69 Å². The maximum atomic E-state index is 14.1. The Balaban J connectivity index is 1.47. The van der Waals surface area contributed by atoms with E-state index in [0.717, 1.165) is 72.1 Å². The minimum atomic E-state index is -0.330. The van der Waals surface area contributed by atoms with Crippen LogP contribution in [-0.2, 0) is 11.2 Å². The van der Waals surface area contributed by atoms with Crippen LogP contribution in [0.2, 0.25) is 5.02 Å².